The highest BCUT2D eigenvalue weighted by Crippen LogP contribution is 2.18. The fourth-order valence-corrected chi connectivity index (χ4v) is 1.59. The van der Waals surface area contributed by atoms with E-state index in [1.807, 2.05) is 19.1 Å². The van der Waals surface area contributed by atoms with Crippen LogP contribution in [0, 0.1) is 6.92 Å². The third-order valence-electron chi connectivity index (χ3n) is 2.13. The highest BCUT2D eigenvalue weighted by Gasteiger charge is 1.99. The summed E-state index contributed by atoms with van der Waals surface area (Å²) in [4.78, 5) is 14.4. The molecule has 1 heterocycles. The minimum absolute atomic E-state index is 0.0104. The van der Waals surface area contributed by atoms with E-state index < -0.39 is 0 Å². The minimum Gasteiger partial charge on any atom is -0.358 e. The Hall–Kier alpha value is -1.54. The van der Waals surface area contributed by atoms with E-state index >= 15 is 0 Å². The second-order valence-electron chi connectivity index (χ2n) is 3.42. The molecule has 0 saturated carbocycles. The van der Waals surface area contributed by atoms with Gasteiger partial charge in [0.15, 0.2) is 5.43 Å². The third kappa shape index (κ3) is 2.28. The highest BCUT2D eigenvalue weighted by molar-refractivity contribution is 6.30. The van der Waals surface area contributed by atoms with Crippen LogP contribution in [0.3, 0.4) is 0 Å². The Labute approximate surface area is 92.5 Å². The number of rotatable bonds is 1. The summed E-state index contributed by atoms with van der Waals surface area (Å²) >= 11 is 5.79. The first-order valence-corrected chi connectivity index (χ1v) is 5.00. The van der Waals surface area contributed by atoms with E-state index in [0.717, 1.165) is 17.0 Å². The number of halogens is 1. The van der Waals surface area contributed by atoms with Gasteiger partial charge in [-0.1, -0.05) is 23.7 Å². The first-order chi connectivity index (χ1) is 7.15. The fourth-order valence-electron chi connectivity index (χ4n) is 1.47. The van der Waals surface area contributed by atoms with Crippen LogP contribution in [0.2, 0.25) is 5.02 Å². The Morgan fingerprint density at radius 1 is 1.13 bits per heavy atom. The number of nitrogens with one attached hydrogen (secondary N) is 1. The quantitative estimate of drug-likeness (QED) is 0.786. The number of pyridine rings is 1. The number of aromatic nitrogens is 1. The second kappa shape index (κ2) is 3.91. The normalized spacial score (nSPS) is 10.3. The number of aryl methyl sites for hydroxylation is 1. The first kappa shape index (κ1) is 9.99. The number of H-pyrrole nitrogens is 1. The lowest BCUT2D eigenvalue weighted by Crippen LogP contribution is -2.01. The van der Waals surface area contributed by atoms with Crippen molar-refractivity contribution in [2.45, 2.75) is 6.92 Å². The molecule has 0 bridgehead atoms. The van der Waals surface area contributed by atoms with Crippen LogP contribution in [0.4, 0.5) is 0 Å². The zero-order chi connectivity index (χ0) is 10.8. The molecule has 0 saturated heterocycles. The number of benzene rings is 1. The predicted octanol–water partition coefficient (Wildman–Crippen LogP) is 3.00. The summed E-state index contributed by atoms with van der Waals surface area (Å²) in [6, 6.07) is 10.5. The maximum Gasteiger partial charge on any atom is 0.182 e. The summed E-state index contributed by atoms with van der Waals surface area (Å²) in [6.45, 7) is 1.86. The third-order valence-corrected chi connectivity index (χ3v) is 2.38. The second-order valence-corrected chi connectivity index (χ2v) is 3.86. The lowest BCUT2D eigenvalue weighted by atomic mass is 10.1. The van der Waals surface area contributed by atoms with E-state index in [2.05, 4.69) is 4.98 Å². The zero-order valence-electron chi connectivity index (χ0n) is 8.25. The van der Waals surface area contributed by atoms with Gasteiger partial charge < -0.3 is 4.98 Å². The largest absolute Gasteiger partial charge is 0.358 e. The monoisotopic (exact) mass is 219 g/mol. The molecule has 15 heavy (non-hydrogen) atoms. The molecule has 76 valence electrons. The molecule has 0 aliphatic rings. The van der Waals surface area contributed by atoms with E-state index in [0.29, 0.717) is 5.02 Å². The van der Waals surface area contributed by atoms with Crippen molar-refractivity contribution in [3.05, 3.63) is 57.3 Å². The highest BCUT2D eigenvalue weighted by atomic mass is 35.5. The van der Waals surface area contributed by atoms with Crippen molar-refractivity contribution in [1.82, 2.24) is 4.98 Å². The van der Waals surface area contributed by atoms with E-state index in [1.54, 1.807) is 24.3 Å². The summed E-state index contributed by atoms with van der Waals surface area (Å²) in [5.41, 5.74) is 2.64. The molecule has 0 atom stereocenters. The van der Waals surface area contributed by atoms with Gasteiger partial charge in [0.1, 0.15) is 0 Å². The Morgan fingerprint density at radius 2 is 1.80 bits per heavy atom. The molecule has 0 spiro atoms. The van der Waals surface area contributed by atoms with Gasteiger partial charge in [0, 0.05) is 28.5 Å². The van der Waals surface area contributed by atoms with Crippen molar-refractivity contribution in [3.8, 4) is 11.3 Å². The molecule has 0 radical (unpaired) electrons. The lowest BCUT2D eigenvalue weighted by molar-refractivity contribution is 1.19. The van der Waals surface area contributed by atoms with Crippen LogP contribution in [0.25, 0.3) is 11.3 Å². The van der Waals surface area contributed by atoms with Crippen LogP contribution < -0.4 is 5.43 Å². The van der Waals surface area contributed by atoms with Gasteiger partial charge in [0.25, 0.3) is 0 Å². The van der Waals surface area contributed by atoms with Crippen molar-refractivity contribution in [2.75, 3.05) is 0 Å². The topological polar surface area (TPSA) is 32.9 Å². The average molecular weight is 220 g/mol. The molecule has 0 aliphatic heterocycles. The first-order valence-electron chi connectivity index (χ1n) is 4.62. The number of hydrogen-bond acceptors (Lipinski definition) is 1. The van der Waals surface area contributed by atoms with Gasteiger partial charge in [-0.2, -0.15) is 0 Å². The number of aromatic amines is 1. The van der Waals surface area contributed by atoms with Gasteiger partial charge in [0.2, 0.25) is 0 Å². The molecule has 2 aromatic rings. The minimum atomic E-state index is 0.0104. The van der Waals surface area contributed by atoms with E-state index in [1.165, 1.54) is 0 Å². The smallest absolute Gasteiger partial charge is 0.182 e. The maximum absolute atomic E-state index is 11.3. The molecule has 2 nitrogen and oxygen atoms in total. The Balaban J connectivity index is 2.54. The summed E-state index contributed by atoms with van der Waals surface area (Å²) in [6.07, 6.45) is 0. The fraction of sp³-hybridized carbons (Fsp3) is 0.0833. The van der Waals surface area contributed by atoms with Gasteiger partial charge in [-0.15, -0.1) is 0 Å². The van der Waals surface area contributed by atoms with Gasteiger partial charge in [-0.25, -0.2) is 0 Å². The molecule has 3 heteroatoms. The van der Waals surface area contributed by atoms with Crippen LogP contribution in [-0.2, 0) is 0 Å². The molecule has 0 amide bonds. The summed E-state index contributed by atoms with van der Waals surface area (Å²) < 4.78 is 0. The van der Waals surface area contributed by atoms with Crippen LogP contribution in [-0.4, -0.2) is 4.98 Å². The van der Waals surface area contributed by atoms with E-state index in [9.17, 15) is 4.79 Å². The molecule has 0 unspecified atom stereocenters. The Morgan fingerprint density at radius 3 is 2.40 bits per heavy atom. The van der Waals surface area contributed by atoms with Crippen molar-refractivity contribution in [1.29, 1.82) is 0 Å². The Kier molecular flexibility index (Phi) is 2.60. The Bertz CT molecular complexity index is 528. The van der Waals surface area contributed by atoms with E-state index in [-0.39, 0.29) is 5.43 Å². The molecular formula is C12H10ClNO. The average Bonchev–Trinajstić information content (AvgIpc) is 2.17. The van der Waals surface area contributed by atoms with Gasteiger partial charge in [0.05, 0.1) is 0 Å². The van der Waals surface area contributed by atoms with Crippen molar-refractivity contribution in [2.24, 2.45) is 0 Å². The molecule has 0 aliphatic carbocycles. The van der Waals surface area contributed by atoms with Crippen LogP contribution in [0.5, 0.6) is 0 Å². The number of hydrogen-bond donors (Lipinski definition) is 1. The maximum atomic E-state index is 11.3. The van der Waals surface area contributed by atoms with E-state index in [4.69, 9.17) is 11.6 Å². The van der Waals surface area contributed by atoms with Crippen molar-refractivity contribution < 1.29 is 0 Å². The van der Waals surface area contributed by atoms with Crippen LogP contribution in [0.15, 0.2) is 41.2 Å². The lowest BCUT2D eigenvalue weighted by Gasteiger charge is -2.03. The molecule has 0 fully saturated rings. The SMILES string of the molecule is Cc1cc(=O)cc(-c2ccc(Cl)cc2)[nH]1. The predicted molar refractivity (Wildman–Crippen MR) is 62.2 cm³/mol. The van der Waals surface area contributed by atoms with Crippen LogP contribution in [0.1, 0.15) is 5.69 Å². The van der Waals surface area contributed by atoms with Crippen molar-refractivity contribution >= 4 is 11.6 Å². The van der Waals surface area contributed by atoms with Gasteiger partial charge in [-0.3, -0.25) is 4.79 Å². The van der Waals surface area contributed by atoms with Crippen molar-refractivity contribution in [3.63, 3.8) is 0 Å². The summed E-state index contributed by atoms with van der Waals surface area (Å²) in [5.74, 6) is 0. The van der Waals surface area contributed by atoms with Gasteiger partial charge >= 0.3 is 0 Å². The molecule has 1 N–H and O–H groups in total. The van der Waals surface area contributed by atoms with Crippen LogP contribution >= 0.6 is 11.6 Å². The molecule has 1 aromatic carbocycles. The molecular weight excluding hydrogens is 210 g/mol. The summed E-state index contributed by atoms with van der Waals surface area (Å²) in [5, 5.41) is 0.689. The summed E-state index contributed by atoms with van der Waals surface area (Å²) in [7, 11) is 0. The molecule has 1 aromatic heterocycles. The standard InChI is InChI=1S/C12H10ClNO/c1-8-6-11(15)7-12(14-8)9-2-4-10(13)5-3-9/h2-7H,1H3,(H,14,15). The zero-order valence-corrected chi connectivity index (χ0v) is 9.01. The van der Waals surface area contributed by atoms with Gasteiger partial charge in [-0.05, 0) is 24.6 Å². The molecule has 2 rings (SSSR count).